The largest absolute Gasteiger partial charge is 0.385 e. The van der Waals surface area contributed by atoms with Gasteiger partial charge in [0.25, 0.3) is 0 Å². The maximum Gasteiger partial charge on any atom is 0.0928 e. The standard InChI is InChI=1S/C8H12ClNOS/c1-11-4-2-3-8-10-6-7(5-9)12-8/h6H,2-5H2,1H3. The van der Waals surface area contributed by atoms with Gasteiger partial charge in [0.2, 0.25) is 0 Å². The molecule has 1 heterocycles. The fraction of sp³-hybridized carbons (Fsp3) is 0.625. The topological polar surface area (TPSA) is 22.1 Å². The molecule has 0 aliphatic rings. The van der Waals surface area contributed by atoms with E-state index in [2.05, 4.69) is 4.98 Å². The van der Waals surface area contributed by atoms with Gasteiger partial charge in [-0.15, -0.1) is 22.9 Å². The molecule has 0 fully saturated rings. The van der Waals surface area contributed by atoms with E-state index in [0.29, 0.717) is 5.88 Å². The van der Waals surface area contributed by atoms with Crippen LogP contribution in [0.3, 0.4) is 0 Å². The van der Waals surface area contributed by atoms with Crippen LogP contribution in [0.15, 0.2) is 6.20 Å². The molecule has 0 saturated carbocycles. The maximum atomic E-state index is 5.65. The first-order valence-corrected chi connectivity index (χ1v) is 5.20. The molecule has 0 saturated heterocycles. The third kappa shape index (κ3) is 3.09. The highest BCUT2D eigenvalue weighted by Crippen LogP contribution is 2.16. The van der Waals surface area contributed by atoms with Gasteiger partial charge in [0.05, 0.1) is 10.9 Å². The second-order valence-electron chi connectivity index (χ2n) is 2.45. The summed E-state index contributed by atoms with van der Waals surface area (Å²) in [7, 11) is 1.71. The van der Waals surface area contributed by atoms with E-state index in [1.54, 1.807) is 18.4 Å². The zero-order valence-electron chi connectivity index (χ0n) is 7.05. The fourth-order valence-corrected chi connectivity index (χ4v) is 1.94. The predicted octanol–water partition coefficient (Wildman–Crippen LogP) is 2.46. The maximum absolute atomic E-state index is 5.65. The summed E-state index contributed by atoms with van der Waals surface area (Å²) >= 11 is 7.33. The number of hydrogen-bond donors (Lipinski definition) is 0. The highest BCUT2D eigenvalue weighted by Gasteiger charge is 1.99. The Hall–Kier alpha value is -0.120. The van der Waals surface area contributed by atoms with Crippen molar-refractivity contribution < 1.29 is 4.74 Å². The number of ether oxygens (including phenoxy) is 1. The molecule has 0 aliphatic carbocycles. The molecule has 0 bridgehead atoms. The second kappa shape index (κ2) is 5.51. The van der Waals surface area contributed by atoms with Crippen molar-refractivity contribution in [2.75, 3.05) is 13.7 Å². The van der Waals surface area contributed by atoms with Crippen molar-refractivity contribution in [3.05, 3.63) is 16.1 Å². The molecule has 0 aromatic carbocycles. The summed E-state index contributed by atoms with van der Waals surface area (Å²) in [5.74, 6) is 0.571. The molecule has 0 aliphatic heterocycles. The minimum atomic E-state index is 0.571. The minimum Gasteiger partial charge on any atom is -0.385 e. The van der Waals surface area contributed by atoms with Crippen LogP contribution in [0.2, 0.25) is 0 Å². The third-order valence-corrected chi connectivity index (χ3v) is 2.98. The van der Waals surface area contributed by atoms with Gasteiger partial charge in [-0.25, -0.2) is 4.98 Å². The van der Waals surface area contributed by atoms with Gasteiger partial charge in [-0.1, -0.05) is 0 Å². The Morgan fingerprint density at radius 1 is 1.67 bits per heavy atom. The van der Waals surface area contributed by atoms with Crippen LogP contribution in [-0.2, 0) is 17.0 Å². The average Bonchev–Trinajstić information content (AvgIpc) is 2.53. The number of methoxy groups -OCH3 is 1. The molecule has 1 rings (SSSR count). The summed E-state index contributed by atoms with van der Waals surface area (Å²) in [4.78, 5) is 5.38. The van der Waals surface area contributed by atoms with Crippen LogP contribution in [0.25, 0.3) is 0 Å². The molecule has 1 aromatic heterocycles. The first kappa shape index (κ1) is 9.96. The van der Waals surface area contributed by atoms with Gasteiger partial charge in [0.1, 0.15) is 0 Å². The van der Waals surface area contributed by atoms with Gasteiger partial charge in [-0.3, -0.25) is 0 Å². The Morgan fingerprint density at radius 2 is 2.50 bits per heavy atom. The van der Waals surface area contributed by atoms with E-state index in [-0.39, 0.29) is 0 Å². The van der Waals surface area contributed by atoms with Crippen molar-refractivity contribution >= 4 is 22.9 Å². The summed E-state index contributed by atoms with van der Waals surface area (Å²) in [6, 6.07) is 0. The highest BCUT2D eigenvalue weighted by atomic mass is 35.5. The zero-order chi connectivity index (χ0) is 8.81. The van der Waals surface area contributed by atoms with E-state index in [0.717, 1.165) is 29.3 Å². The number of hydrogen-bond acceptors (Lipinski definition) is 3. The van der Waals surface area contributed by atoms with E-state index in [1.807, 2.05) is 6.20 Å². The molecular weight excluding hydrogens is 194 g/mol. The zero-order valence-corrected chi connectivity index (χ0v) is 8.62. The van der Waals surface area contributed by atoms with Gasteiger partial charge >= 0.3 is 0 Å². The summed E-state index contributed by atoms with van der Waals surface area (Å²) in [6.07, 6.45) is 3.88. The lowest BCUT2D eigenvalue weighted by Gasteiger charge is -1.94. The molecule has 0 amide bonds. The van der Waals surface area contributed by atoms with Crippen molar-refractivity contribution in [3.8, 4) is 0 Å². The summed E-state index contributed by atoms with van der Waals surface area (Å²) in [5, 5.41) is 1.16. The number of aryl methyl sites for hydroxylation is 1. The molecule has 1 aromatic rings. The normalized spacial score (nSPS) is 10.5. The van der Waals surface area contributed by atoms with Crippen LogP contribution >= 0.6 is 22.9 Å². The van der Waals surface area contributed by atoms with Crippen LogP contribution < -0.4 is 0 Å². The molecule has 0 atom stereocenters. The molecule has 2 nitrogen and oxygen atoms in total. The van der Waals surface area contributed by atoms with Gasteiger partial charge in [0, 0.05) is 31.2 Å². The third-order valence-electron chi connectivity index (χ3n) is 1.47. The average molecular weight is 206 g/mol. The molecule has 0 spiro atoms. The summed E-state index contributed by atoms with van der Waals surface area (Å²) < 4.78 is 4.95. The van der Waals surface area contributed by atoms with Gasteiger partial charge < -0.3 is 4.74 Å². The quantitative estimate of drug-likeness (QED) is 0.544. The lowest BCUT2D eigenvalue weighted by atomic mass is 10.3. The Balaban J connectivity index is 2.31. The van der Waals surface area contributed by atoms with E-state index < -0.39 is 0 Å². The number of aromatic nitrogens is 1. The van der Waals surface area contributed by atoms with Crippen molar-refractivity contribution in [3.63, 3.8) is 0 Å². The number of nitrogens with zero attached hydrogens (tertiary/aromatic N) is 1. The molecule has 12 heavy (non-hydrogen) atoms. The Kier molecular flexibility index (Phi) is 4.58. The SMILES string of the molecule is COCCCc1ncc(CCl)s1. The molecule has 68 valence electrons. The number of rotatable bonds is 5. The molecule has 0 unspecified atom stereocenters. The van der Waals surface area contributed by atoms with Crippen LogP contribution in [0.1, 0.15) is 16.3 Å². The van der Waals surface area contributed by atoms with Gasteiger partial charge in [-0.05, 0) is 6.42 Å². The predicted molar refractivity (Wildman–Crippen MR) is 51.9 cm³/mol. The monoisotopic (exact) mass is 205 g/mol. The van der Waals surface area contributed by atoms with Crippen LogP contribution in [-0.4, -0.2) is 18.7 Å². The van der Waals surface area contributed by atoms with Crippen LogP contribution in [0, 0.1) is 0 Å². The Morgan fingerprint density at radius 3 is 3.08 bits per heavy atom. The fourth-order valence-electron chi connectivity index (χ4n) is 0.893. The minimum absolute atomic E-state index is 0.571. The first-order valence-electron chi connectivity index (χ1n) is 3.85. The van der Waals surface area contributed by atoms with Crippen molar-refractivity contribution in [2.24, 2.45) is 0 Å². The summed E-state index contributed by atoms with van der Waals surface area (Å²) in [5.41, 5.74) is 0. The van der Waals surface area contributed by atoms with Gasteiger partial charge in [-0.2, -0.15) is 0 Å². The van der Waals surface area contributed by atoms with E-state index in [9.17, 15) is 0 Å². The number of halogens is 1. The smallest absolute Gasteiger partial charge is 0.0928 e. The van der Waals surface area contributed by atoms with Crippen LogP contribution in [0.4, 0.5) is 0 Å². The van der Waals surface area contributed by atoms with Crippen molar-refractivity contribution in [2.45, 2.75) is 18.7 Å². The van der Waals surface area contributed by atoms with Crippen LogP contribution in [0.5, 0.6) is 0 Å². The Labute approximate surface area is 81.5 Å². The summed E-state index contributed by atoms with van der Waals surface area (Å²) in [6.45, 7) is 0.801. The molecule has 0 N–H and O–H groups in total. The van der Waals surface area contributed by atoms with E-state index in [4.69, 9.17) is 16.3 Å². The second-order valence-corrected chi connectivity index (χ2v) is 3.92. The van der Waals surface area contributed by atoms with Crippen molar-refractivity contribution in [1.29, 1.82) is 0 Å². The molecule has 0 radical (unpaired) electrons. The molecule has 4 heteroatoms. The highest BCUT2D eigenvalue weighted by molar-refractivity contribution is 7.11. The number of thiazole rings is 1. The van der Waals surface area contributed by atoms with E-state index in [1.165, 1.54) is 0 Å². The first-order chi connectivity index (χ1) is 5.86. The van der Waals surface area contributed by atoms with E-state index >= 15 is 0 Å². The van der Waals surface area contributed by atoms with Gasteiger partial charge in [0.15, 0.2) is 0 Å². The molecular formula is C8H12ClNOS. The number of alkyl halides is 1. The Bertz CT molecular complexity index is 227. The lowest BCUT2D eigenvalue weighted by molar-refractivity contribution is 0.195. The lowest BCUT2D eigenvalue weighted by Crippen LogP contribution is -1.91. The van der Waals surface area contributed by atoms with Crippen molar-refractivity contribution in [1.82, 2.24) is 4.98 Å².